The minimum atomic E-state index is -0.0844. The van der Waals surface area contributed by atoms with Crippen LogP contribution in [0.5, 0.6) is 0 Å². The summed E-state index contributed by atoms with van der Waals surface area (Å²) in [6.45, 7) is 1.34. The standard InChI is InChI=1S/C21H27N3O3/c1-26-11-9-19-22-21(27-23-19)18-8-4-5-10-24(18)20(25)14-15-12-16-6-2-3-7-17(16)13-15/h2-3,6-7,15,18H,4-5,8-14H2,1H3. The van der Waals surface area contributed by atoms with Gasteiger partial charge in [-0.1, -0.05) is 29.4 Å². The van der Waals surface area contributed by atoms with Crippen molar-refractivity contribution in [2.75, 3.05) is 20.3 Å². The quantitative estimate of drug-likeness (QED) is 0.783. The number of piperidine rings is 1. The molecule has 0 saturated carbocycles. The number of carbonyl (C=O) groups is 1. The van der Waals surface area contributed by atoms with Crippen molar-refractivity contribution in [3.63, 3.8) is 0 Å². The molecule has 1 aromatic carbocycles. The second-order valence-corrected chi connectivity index (χ2v) is 7.64. The summed E-state index contributed by atoms with van der Waals surface area (Å²) in [4.78, 5) is 19.6. The third-order valence-electron chi connectivity index (χ3n) is 5.72. The number of ether oxygens (including phenoxy) is 1. The Hall–Kier alpha value is -2.21. The van der Waals surface area contributed by atoms with Crippen molar-refractivity contribution < 1.29 is 14.1 Å². The number of aromatic nitrogens is 2. The van der Waals surface area contributed by atoms with Crippen LogP contribution in [0, 0.1) is 5.92 Å². The highest BCUT2D eigenvalue weighted by Crippen LogP contribution is 2.33. The number of hydrogen-bond donors (Lipinski definition) is 0. The van der Waals surface area contributed by atoms with Gasteiger partial charge in [-0.05, 0) is 49.1 Å². The molecule has 1 aliphatic heterocycles. The second-order valence-electron chi connectivity index (χ2n) is 7.64. The maximum absolute atomic E-state index is 13.1. The van der Waals surface area contributed by atoms with Crippen LogP contribution in [0.15, 0.2) is 28.8 Å². The van der Waals surface area contributed by atoms with E-state index in [9.17, 15) is 4.79 Å². The van der Waals surface area contributed by atoms with Gasteiger partial charge in [-0.3, -0.25) is 4.79 Å². The van der Waals surface area contributed by atoms with Gasteiger partial charge >= 0.3 is 0 Å². The first-order valence-corrected chi connectivity index (χ1v) is 9.92. The number of benzene rings is 1. The molecule has 0 spiro atoms. The molecule has 27 heavy (non-hydrogen) atoms. The number of methoxy groups -OCH3 is 1. The van der Waals surface area contributed by atoms with Crippen LogP contribution in [0.1, 0.15) is 54.6 Å². The van der Waals surface area contributed by atoms with Crippen molar-refractivity contribution in [3.8, 4) is 0 Å². The molecule has 4 rings (SSSR count). The Bertz CT molecular complexity index is 763. The number of amides is 1. The molecule has 0 radical (unpaired) electrons. The number of rotatable bonds is 6. The van der Waals surface area contributed by atoms with Crippen LogP contribution in [-0.2, 0) is 28.8 Å². The summed E-state index contributed by atoms with van der Waals surface area (Å²) in [5.74, 6) is 1.84. The van der Waals surface area contributed by atoms with E-state index < -0.39 is 0 Å². The average molecular weight is 369 g/mol. The monoisotopic (exact) mass is 369 g/mol. The van der Waals surface area contributed by atoms with E-state index in [2.05, 4.69) is 34.4 Å². The molecule has 2 aromatic rings. The Morgan fingerprint density at radius 1 is 1.26 bits per heavy atom. The molecule has 2 aliphatic rings. The largest absolute Gasteiger partial charge is 0.384 e. The third kappa shape index (κ3) is 4.05. The van der Waals surface area contributed by atoms with Gasteiger partial charge in [-0.15, -0.1) is 0 Å². The van der Waals surface area contributed by atoms with E-state index in [1.165, 1.54) is 11.1 Å². The normalized spacial score (nSPS) is 20.0. The smallest absolute Gasteiger partial charge is 0.249 e. The highest BCUT2D eigenvalue weighted by atomic mass is 16.5. The van der Waals surface area contributed by atoms with Gasteiger partial charge in [0, 0.05) is 26.5 Å². The first-order valence-electron chi connectivity index (χ1n) is 9.92. The molecule has 1 amide bonds. The van der Waals surface area contributed by atoms with Gasteiger partial charge in [0.25, 0.3) is 0 Å². The van der Waals surface area contributed by atoms with Crippen LogP contribution in [0.2, 0.25) is 0 Å². The first kappa shape index (κ1) is 18.2. The van der Waals surface area contributed by atoms with Gasteiger partial charge in [-0.25, -0.2) is 0 Å². The van der Waals surface area contributed by atoms with Gasteiger partial charge in [0.1, 0.15) is 6.04 Å². The Balaban J connectivity index is 1.41. The van der Waals surface area contributed by atoms with Crippen LogP contribution < -0.4 is 0 Å². The SMILES string of the molecule is COCCc1noc(C2CCCCN2C(=O)CC2Cc3ccccc3C2)n1. The lowest BCUT2D eigenvalue weighted by Gasteiger charge is -2.34. The van der Waals surface area contributed by atoms with Crippen LogP contribution in [0.4, 0.5) is 0 Å². The van der Waals surface area contributed by atoms with Crippen LogP contribution in [-0.4, -0.2) is 41.2 Å². The highest BCUT2D eigenvalue weighted by molar-refractivity contribution is 5.77. The maximum atomic E-state index is 13.1. The molecule has 6 heteroatoms. The summed E-state index contributed by atoms with van der Waals surface area (Å²) in [6, 6.07) is 8.45. The molecular formula is C21H27N3O3. The van der Waals surface area contributed by atoms with Crippen molar-refractivity contribution in [2.24, 2.45) is 5.92 Å². The van der Waals surface area contributed by atoms with E-state index >= 15 is 0 Å². The van der Waals surface area contributed by atoms with E-state index in [0.717, 1.165) is 38.6 Å². The molecule has 144 valence electrons. The highest BCUT2D eigenvalue weighted by Gasteiger charge is 2.34. The Morgan fingerprint density at radius 3 is 2.78 bits per heavy atom. The lowest BCUT2D eigenvalue weighted by molar-refractivity contribution is -0.136. The van der Waals surface area contributed by atoms with E-state index in [1.54, 1.807) is 7.11 Å². The summed E-state index contributed by atoms with van der Waals surface area (Å²) in [6.07, 6.45) is 6.24. The molecule has 0 N–H and O–H groups in total. The van der Waals surface area contributed by atoms with Gasteiger partial charge in [-0.2, -0.15) is 4.98 Å². The zero-order valence-electron chi connectivity index (χ0n) is 15.9. The van der Waals surface area contributed by atoms with Crippen LogP contribution in [0.3, 0.4) is 0 Å². The van der Waals surface area contributed by atoms with Crippen LogP contribution >= 0.6 is 0 Å². The Morgan fingerprint density at radius 2 is 2.04 bits per heavy atom. The molecule has 1 aliphatic carbocycles. The lowest BCUT2D eigenvalue weighted by atomic mass is 9.97. The van der Waals surface area contributed by atoms with Crippen molar-refractivity contribution in [2.45, 2.75) is 51.0 Å². The van der Waals surface area contributed by atoms with E-state index in [4.69, 9.17) is 9.26 Å². The third-order valence-corrected chi connectivity index (χ3v) is 5.72. The molecule has 1 fully saturated rings. The number of carbonyl (C=O) groups excluding carboxylic acids is 1. The van der Waals surface area contributed by atoms with Gasteiger partial charge in [0.05, 0.1) is 6.61 Å². The Labute approximate surface area is 159 Å². The number of fused-ring (bicyclic) bond motifs is 1. The van der Waals surface area contributed by atoms with Gasteiger partial charge < -0.3 is 14.2 Å². The molecule has 1 aromatic heterocycles. The van der Waals surface area contributed by atoms with Crippen LogP contribution in [0.25, 0.3) is 0 Å². The minimum absolute atomic E-state index is 0.0844. The van der Waals surface area contributed by atoms with E-state index in [0.29, 0.717) is 37.1 Å². The van der Waals surface area contributed by atoms with Crippen molar-refractivity contribution >= 4 is 5.91 Å². The summed E-state index contributed by atoms with van der Waals surface area (Å²) in [5, 5.41) is 4.05. The van der Waals surface area contributed by atoms with Gasteiger partial charge in [0.15, 0.2) is 5.82 Å². The number of likely N-dealkylation sites (tertiary alicyclic amines) is 1. The topological polar surface area (TPSA) is 68.5 Å². The maximum Gasteiger partial charge on any atom is 0.249 e. The molecular weight excluding hydrogens is 342 g/mol. The number of nitrogens with zero attached hydrogens (tertiary/aromatic N) is 3. The van der Waals surface area contributed by atoms with E-state index in [1.807, 2.05) is 4.90 Å². The molecule has 2 heterocycles. The lowest BCUT2D eigenvalue weighted by Crippen LogP contribution is -2.39. The van der Waals surface area contributed by atoms with Crippen molar-refractivity contribution in [3.05, 3.63) is 47.1 Å². The summed E-state index contributed by atoms with van der Waals surface area (Å²) in [5.41, 5.74) is 2.79. The second kappa shape index (κ2) is 8.21. The predicted molar refractivity (Wildman–Crippen MR) is 100 cm³/mol. The number of hydrogen-bond acceptors (Lipinski definition) is 5. The Kier molecular flexibility index (Phi) is 5.53. The summed E-state index contributed by atoms with van der Waals surface area (Å²) < 4.78 is 10.6. The zero-order chi connectivity index (χ0) is 18.6. The molecule has 0 bridgehead atoms. The zero-order valence-corrected chi connectivity index (χ0v) is 15.9. The minimum Gasteiger partial charge on any atom is -0.384 e. The molecule has 1 unspecified atom stereocenters. The first-order chi connectivity index (χ1) is 13.2. The summed E-state index contributed by atoms with van der Waals surface area (Å²) >= 11 is 0. The fourth-order valence-electron chi connectivity index (χ4n) is 4.34. The fourth-order valence-corrected chi connectivity index (χ4v) is 4.34. The van der Waals surface area contributed by atoms with E-state index in [-0.39, 0.29) is 11.9 Å². The molecule has 6 nitrogen and oxygen atoms in total. The van der Waals surface area contributed by atoms with Crippen molar-refractivity contribution in [1.29, 1.82) is 0 Å². The average Bonchev–Trinajstić information content (AvgIpc) is 3.32. The van der Waals surface area contributed by atoms with Gasteiger partial charge in [0.2, 0.25) is 11.8 Å². The predicted octanol–water partition coefficient (Wildman–Crippen LogP) is 3.12. The van der Waals surface area contributed by atoms with Crippen molar-refractivity contribution in [1.82, 2.24) is 15.0 Å². The fraction of sp³-hybridized carbons (Fsp3) is 0.571. The molecule has 1 saturated heterocycles. The molecule has 1 atom stereocenters. The summed E-state index contributed by atoms with van der Waals surface area (Å²) in [7, 11) is 1.66.